The first kappa shape index (κ1) is 9.89. The van der Waals surface area contributed by atoms with Gasteiger partial charge in [-0.05, 0) is 12.1 Å². The smallest absolute Gasteiger partial charge is 0.317 e. The predicted octanol–water partition coefficient (Wildman–Crippen LogP) is 2.75. The first-order valence-corrected chi connectivity index (χ1v) is 4.43. The Morgan fingerprint density at radius 1 is 1.13 bits per heavy atom. The lowest BCUT2D eigenvalue weighted by Crippen LogP contribution is -2.27. The number of benzene rings is 1. The van der Waals surface area contributed by atoms with Crippen LogP contribution in [0, 0.1) is 0 Å². The van der Waals surface area contributed by atoms with Crippen molar-refractivity contribution in [1.29, 1.82) is 0 Å². The van der Waals surface area contributed by atoms with Crippen LogP contribution in [0.15, 0.2) is 36.5 Å². The van der Waals surface area contributed by atoms with Crippen LogP contribution in [0.5, 0.6) is 0 Å². The van der Waals surface area contributed by atoms with Crippen molar-refractivity contribution in [3.05, 3.63) is 36.5 Å². The summed E-state index contributed by atoms with van der Waals surface area (Å²) < 4.78 is 37.3. The third kappa shape index (κ3) is 2.23. The molecule has 0 atom stereocenters. The average Bonchev–Trinajstić information content (AvgIpc) is 2.57. The van der Waals surface area contributed by atoms with E-state index in [1.54, 1.807) is 24.4 Å². The summed E-state index contributed by atoms with van der Waals surface area (Å²) in [5, 5.41) is 0.909. The van der Waals surface area contributed by atoms with E-state index in [1.807, 2.05) is 12.1 Å². The lowest BCUT2D eigenvalue weighted by atomic mass is 10.3. The lowest BCUT2D eigenvalue weighted by Gasteiger charge is -2.11. The second kappa shape index (κ2) is 3.49. The number of aromatic nitrogens is 1. The number of para-hydroxylation sites is 1. The minimum atomic E-state index is -4.20. The SMILES string of the molecule is FC(F)(F)CNn1ccc2ccccc21. The zero-order chi connectivity index (χ0) is 10.9. The van der Waals surface area contributed by atoms with E-state index in [9.17, 15) is 13.2 Å². The molecule has 1 N–H and O–H groups in total. The molecule has 2 rings (SSSR count). The molecule has 1 aromatic carbocycles. The number of rotatable bonds is 2. The Morgan fingerprint density at radius 2 is 1.87 bits per heavy atom. The minimum absolute atomic E-state index is 0.738. The molecule has 2 aromatic rings. The van der Waals surface area contributed by atoms with Gasteiger partial charge < -0.3 is 5.43 Å². The monoisotopic (exact) mass is 214 g/mol. The number of hydrogen-bond acceptors (Lipinski definition) is 1. The van der Waals surface area contributed by atoms with E-state index < -0.39 is 12.7 Å². The van der Waals surface area contributed by atoms with E-state index in [4.69, 9.17) is 0 Å². The molecule has 5 heteroatoms. The summed E-state index contributed by atoms with van der Waals surface area (Å²) >= 11 is 0. The van der Waals surface area contributed by atoms with Gasteiger partial charge in [0.05, 0.1) is 5.52 Å². The van der Waals surface area contributed by atoms with Gasteiger partial charge in [0.15, 0.2) is 0 Å². The first-order chi connectivity index (χ1) is 7.06. The second-order valence-corrected chi connectivity index (χ2v) is 3.19. The van der Waals surface area contributed by atoms with Crippen LogP contribution >= 0.6 is 0 Å². The van der Waals surface area contributed by atoms with Crippen LogP contribution in [0.3, 0.4) is 0 Å². The fourth-order valence-corrected chi connectivity index (χ4v) is 1.40. The number of halogens is 3. The first-order valence-electron chi connectivity index (χ1n) is 4.43. The molecule has 0 radical (unpaired) electrons. The molecule has 0 aliphatic rings. The van der Waals surface area contributed by atoms with Gasteiger partial charge in [0, 0.05) is 11.6 Å². The van der Waals surface area contributed by atoms with Crippen molar-refractivity contribution < 1.29 is 13.2 Å². The standard InChI is InChI=1S/C10H9F3N2/c11-10(12,13)7-14-15-6-5-8-3-1-2-4-9(8)15/h1-6,14H,7H2. The van der Waals surface area contributed by atoms with Crippen molar-refractivity contribution in [1.82, 2.24) is 4.68 Å². The van der Waals surface area contributed by atoms with Gasteiger partial charge in [-0.1, -0.05) is 18.2 Å². The Kier molecular flexibility index (Phi) is 2.30. The predicted molar refractivity (Wildman–Crippen MR) is 52.2 cm³/mol. The van der Waals surface area contributed by atoms with Gasteiger partial charge >= 0.3 is 6.18 Å². The van der Waals surface area contributed by atoms with Gasteiger partial charge in [-0.3, -0.25) is 4.68 Å². The van der Waals surface area contributed by atoms with Crippen molar-refractivity contribution in [2.45, 2.75) is 6.18 Å². The molecule has 80 valence electrons. The highest BCUT2D eigenvalue weighted by atomic mass is 19.4. The Balaban J connectivity index is 2.22. The van der Waals surface area contributed by atoms with E-state index in [0.717, 1.165) is 10.9 Å². The number of alkyl halides is 3. The Hall–Kier alpha value is -1.65. The maximum atomic E-state index is 12.0. The van der Waals surface area contributed by atoms with Crippen molar-refractivity contribution in [3.8, 4) is 0 Å². The van der Waals surface area contributed by atoms with Crippen LogP contribution in [0.1, 0.15) is 0 Å². The summed E-state index contributed by atoms with van der Waals surface area (Å²) in [4.78, 5) is 0. The van der Waals surface area contributed by atoms with Crippen molar-refractivity contribution in [2.24, 2.45) is 0 Å². The van der Waals surface area contributed by atoms with Crippen molar-refractivity contribution in [3.63, 3.8) is 0 Å². The molecule has 2 nitrogen and oxygen atoms in total. The van der Waals surface area contributed by atoms with Gasteiger partial charge in [-0.25, -0.2) is 0 Å². The van der Waals surface area contributed by atoms with E-state index >= 15 is 0 Å². The van der Waals surface area contributed by atoms with Gasteiger partial charge in [-0.15, -0.1) is 0 Å². The molecule has 0 spiro atoms. The zero-order valence-corrected chi connectivity index (χ0v) is 7.75. The third-order valence-electron chi connectivity index (χ3n) is 2.05. The summed E-state index contributed by atoms with van der Waals surface area (Å²) in [6.45, 7) is -1.04. The molecular formula is C10H9F3N2. The number of nitrogens with zero attached hydrogens (tertiary/aromatic N) is 1. The lowest BCUT2D eigenvalue weighted by molar-refractivity contribution is -0.116. The quantitative estimate of drug-likeness (QED) is 0.813. The number of fused-ring (bicyclic) bond motifs is 1. The molecule has 0 amide bonds. The van der Waals surface area contributed by atoms with Crippen LogP contribution in [0.2, 0.25) is 0 Å². The molecule has 0 saturated heterocycles. The topological polar surface area (TPSA) is 17.0 Å². The van der Waals surface area contributed by atoms with Gasteiger partial charge in [-0.2, -0.15) is 13.2 Å². The highest BCUT2D eigenvalue weighted by molar-refractivity contribution is 5.80. The molecule has 0 aliphatic carbocycles. The second-order valence-electron chi connectivity index (χ2n) is 3.19. The summed E-state index contributed by atoms with van der Waals surface area (Å²) in [6.07, 6.45) is -2.62. The molecule has 15 heavy (non-hydrogen) atoms. The molecular weight excluding hydrogens is 205 g/mol. The van der Waals surface area contributed by atoms with Crippen LogP contribution in [0.4, 0.5) is 13.2 Å². The minimum Gasteiger partial charge on any atom is -0.317 e. The van der Waals surface area contributed by atoms with Gasteiger partial charge in [0.2, 0.25) is 0 Å². The maximum absolute atomic E-state index is 12.0. The van der Waals surface area contributed by atoms with Gasteiger partial charge in [0.25, 0.3) is 0 Å². The van der Waals surface area contributed by atoms with Crippen LogP contribution < -0.4 is 5.43 Å². The average molecular weight is 214 g/mol. The summed E-state index contributed by atoms with van der Waals surface area (Å²) in [6, 6.07) is 9.00. The summed E-state index contributed by atoms with van der Waals surface area (Å²) in [7, 11) is 0. The highest BCUT2D eigenvalue weighted by Crippen LogP contribution is 2.16. The van der Waals surface area contributed by atoms with Crippen LogP contribution in [-0.4, -0.2) is 17.4 Å². The number of nitrogens with one attached hydrogen (secondary N) is 1. The third-order valence-corrected chi connectivity index (χ3v) is 2.05. The normalized spacial score (nSPS) is 11.9. The van der Waals surface area contributed by atoms with E-state index in [-0.39, 0.29) is 0 Å². The van der Waals surface area contributed by atoms with Crippen LogP contribution in [0.25, 0.3) is 10.9 Å². The summed E-state index contributed by atoms with van der Waals surface area (Å²) in [5.41, 5.74) is 3.04. The van der Waals surface area contributed by atoms with Crippen LogP contribution in [-0.2, 0) is 0 Å². The fourth-order valence-electron chi connectivity index (χ4n) is 1.40. The van der Waals surface area contributed by atoms with E-state index in [0.29, 0.717) is 0 Å². The fraction of sp³-hybridized carbons (Fsp3) is 0.200. The molecule has 0 unspecified atom stereocenters. The molecule has 0 fully saturated rings. The zero-order valence-electron chi connectivity index (χ0n) is 7.75. The Morgan fingerprint density at radius 3 is 2.60 bits per heavy atom. The maximum Gasteiger partial charge on any atom is 0.407 e. The molecule has 1 heterocycles. The van der Waals surface area contributed by atoms with Crippen molar-refractivity contribution >= 4 is 10.9 Å². The molecule has 0 saturated carbocycles. The Labute approximate surface area is 84.3 Å². The van der Waals surface area contributed by atoms with Gasteiger partial charge in [0.1, 0.15) is 6.54 Å². The number of hydrogen-bond donors (Lipinski definition) is 1. The summed E-state index contributed by atoms with van der Waals surface area (Å²) in [5.74, 6) is 0. The Bertz CT molecular complexity index is 459. The molecule has 0 aliphatic heterocycles. The largest absolute Gasteiger partial charge is 0.407 e. The van der Waals surface area contributed by atoms with E-state index in [2.05, 4.69) is 5.43 Å². The highest BCUT2D eigenvalue weighted by Gasteiger charge is 2.26. The van der Waals surface area contributed by atoms with Crippen molar-refractivity contribution in [2.75, 3.05) is 12.0 Å². The molecule has 0 bridgehead atoms. The van der Waals surface area contributed by atoms with E-state index in [1.165, 1.54) is 4.68 Å². The molecule has 1 aromatic heterocycles.